The first-order valence-corrected chi connectivity index (χ1v) is 7.64. The Morgan fingerprint density at radius 2 is 1.79 bits per heavy atom. The number of nitrogens with zero attached hydrogens (tertiary/aromatic N) is 5. The van der Waals surface area contributed by atoms with E-state index in [4.69, 9.17) is 11.6 Å². The number of ether oxygens (including phenoxy) is 1. The summed E-state index contributed by atoms with van der Waals surface area (Å²) < 4.78 is 95.2. The van der Waals surface area contributed by atoms with Crippen molar-refractivity contribution in [3.8, 4) is 17.1 Å². The third-order valence-electron chi connectivity index (χ3n) is 3.43. The van der Waals surface area contributed by atoms with Gasteiger partial charge in [0.2, 0.25) is 0 Å². The van der Waals surface area contributed by atoms with Crippen LogP contribution >= 0.6 is 11.6 Å². The summed E-state index contributed by atoms with van der Waals surface area (Å²) >= 11 is 5.94. The quantitative estimate of drug-likeness (QED) is 0.580. The van der Waals surface area contributed by atoms with Crippen LogP contribution in [0.1, 0.15) is 12.7 Å². The maximum Gasteiger partial charge on any atom is 0.453 e. The molecule has 0 radical (unpaired) electrons. The maximum atomic E-state index is 14.1. The minimum absolute atomic E-state index is 0.196. The SMILES string of the molecule is C[C@@H](Oc1ncc(-c2nn3c(C(F)(F)F)nnc3cc2Cl)cc1F)C(F)(F)F. The van der Waals surface area contributed by atoms with Gasteiger partial charge in [0.05, 0.1) is 5.02 Å². The number of rotatable bonds is 3. The fourth-order valence-corrected chi connectivity index (χ4v) is 2.30. The first-order chi connectivity index (χ1) is 12.9. The second kappa shape index (κ2) is 6.72. The van der Waals surface area contributed by atoms with Gasteiger partial charge in [0.25, 0.3) is 11.7 Å². The third-order valence-corrected chi connectivity index (χ3v) is 3.72. The smallest absolute Gasteiger partial charge is 0.453 e. The van der Waals surface area contributed by atoms with Gasteiger partial charge in [-0.05, 0) is 13.0 Å². The van der Waals surface area contributed by atoms with E-state index in [0.717, 1.165) is 12.3 Å². The highest BCUT2D eigenvalue weighted by Crippen LogP contribution is 2.32. The van der Waals surface area contributed by atoms with Crippen LogP contribution in [0.5, 0.6) is 5.88 Å². The zero-order chi connectivity index (χ0) is 20.9. The molecule has 0 aromatic carbocycles. The minimum atomic E-state index is -4.87. The highest BCUT2D eigenvalue weighted by atomic mass is 35.5. The van der Waals surface area contributed by atoms with Gasteiger partial charge in [0.1, 0.15) is 5.69 Å². The van der Waals surface area contributed by atoms with Gasteiger partial charge in [-0.1, -0.05) is 11.6 Å². The Kier molecular flexibility index (Phi) is 4.81. The number of hydrogen-bond donors (Lipinski definition) is 0. The summed E-state index contributed by atoms with van der Waals surface area (Å²) in [5.41, 5.74) is -0.826. The van der Waals surface area contributed by atoms with Gasteiger partial charge < -0.3 is 4.74 Å². The largest absolute Gasteiger partial charge is 0.463 e. The van der Waals surface area contributed by atoms with E-state index in [1.807, 2.05) is 0 Å². The average molecular weight is 430 g/mol. The monoisotopic (exact) mass is 429 g/mol. The van der Waals surface area contributed by atoms with E-state index in [-0.39, 0.29) is 21.9 Å². The molecule has 28 heavy (non-hydrogen) atoms. The van der Waals surface area contributed by atoms with Crippen LogP contribution in [0.4, 0.5) is 30.7 Å². The summed E-state index contributed by atoms with van der Waals surface area (Å²) in [5.74, 6) is -3.66. The number of pyridine rings is 1. The molecule has 0 unspecified atom stereocenters. The first kappa shape index (κ1) is 20.0. The molecule has 0 saturated carbocycles. The van der Waals surface area contributed by atoms with E-state index >= 15 is 0 Å². The fourth-order valence-electron chi connectivity index (χ4n) is 2.06. The maximum absolute atomic E-state index is 14.1. The Morgan fingerprint density at radius 3 is 2.36 bits per heavy atom. The van der Waals surface area contributed by atoms with E-state index in [9.17, 15) is 30.7 Å². The predicted molar refractivity (Wildman–Crippen MR) is 80.1 cm³/mol. The molecule has 0 N–H and O–H groups in total. The van der Waals surface area contributed by atoms with Crippen molar-refractivity contribution in [1.29, 1.82) is 0 Å². The number of aromatic nitrogens is 5. The van der Waals surface area contributed by atoms with Crippen molar-refractivity contribution in [3.05, 3.63) is 35.0 Å². The molecule has 14 heteroatoms. The van der Waals surface area contributed by atoms with E-state index in [2.05, 4.69) is 25.0 Å². The van der Waals surface area contributed by atoms with Crippen molar-refractivity contribution in [2.45, 2.75) is 25.4 Å². The van der Waals surface area contributed by atoms with Crippen molar-refractivity contribution in [1.82, 2.24) is 24.8 Å². The molecule has 3 heterocycles. The number of alkyl halides is 6. The molecule has 0 amide bonds. The molecule has 6 nitrogen and oxygen atoms in total. The van der Waals surface area contributed by atoms with E-state index < -0.39 is 36.0 Å². The molecule has 0 bridgehead atoms. The van der Waals surface area contributed by atoms with Crippen LogP contribution in [-0.4, -0.2) is 37.1 Å². The molecule has 0 saturated heterocycles. The van der Waals surface area contributed by atoms with Crippen LogP contribution in [0.2, 0.25) is 5.02 Å². The van der Waals surface area contributed by atoms with Gasteiger partial charge in [0.15, 0.2) is 17.6 Å². The van der Waals surface area contributed by atoms with Crippen LogP contribution in [0.15, 0.2) is 18.3 Å². The Hall–Kier alpha value is -2.70. The fraction of sp³-hybridized carbons (Fsp3) is 0.286. The highest BCUT2D eigenvalue weighted by Gasteiger charge is 2.39. The molecule has 3 rings (SSSR count). The minimum Gasteiger partial charge on any atom is -0.463 e. The summed E-state index contributed by atoms with van der Waals surface area (Å²) in [7, 11) is 0. The molecule has 150 valence electrons. The Bertz CT molecular complexity index is 1030. The molecule has 3 aromatic heterocycles. The first-order valence-electron chi connectivity index (χ1n) is 7.26. The number of fused-ring (bicyclic) bond motifs is 1. The lowest BCUT2D eigenvalue weighted by molar-refractivity contribution is -0.190. The normalized spacial score (nSPS) is 13.8. The molecule has 3 aromatic rings. The van der Waals surface area contributed by atoms with Gasteiger partial charge in [-0.25, -0.2) is 9.37 Å². The summed E-state index contributed by atoms with van der Waals surface area (Å²) in [6, 6.07) is 1.70. The van der Waals surface area contributed by atoms with Crippen LogP contribution in [0.3, 0.4) is 0 Å². The van der Waals surface area contributed by atoms with Crippen molar-refractivity contribution >= 4 is 17.2 Å². The molecular formula is C14H7ClF7N5O. The lowest BCUT2D eigenvalue weighted by atomic mass is 10.2. The van der Waals surface area contributed by atoms with Crippen LogP contribution in [-0.2, 0) is 6.18 Å². The van der Waals surface area contributed by atoms with E-state index in [1.54, 1.807) is 0 Å². The Labute approximate surface area is 155 Å². The summed E-state index contributed by atoms with van der Waals surface area (Å²) in [6.07, 6.45) is -11.1. The summed E-state index contributed by atoms with van der Waals surface area (Å²) in [4.78, 5) is 3.43. The molecular weight excluding hydrogens is 423 g/mol. The number of hydrogen-bond acceptors (Lipinski definition) is 5. The molecule has 0 fully saturated rings. The van der Waals surface area contributed by atoms with Crippen LogP contribution in [0, 0.1) is 5.82 Å². The molecule has 0 aliphatic carbocycles. The van der Waals surface area contributed by atoms with Crippen molar-refractivity contribution in [2.24, 2.45) is 0 Å². The molecule has 0 aliphatic heterocycles. The van der Waals surface area contributed by atoms with Gasteiger partial charge in [0, 0.05) is 17.8 Å². The van der Waals surface area contributed by atoms with Gasteiger partial charge in [-0.15, -0.1) is 10.2 Å². The molecule has 0 spiro atoms. The highest BCUT2D eigenvalue weighted by molar-refractivity contribution is 6.33. The third kappa shape index (κ3) is 3.79. The zero-order valence-corrected chi connectivity index (χ0v) is 14.2. The van der Waals surface area contributed by atoms with E-state index in [0.29, 0.717) is 17.5 Å². The molecule has 1 atom stereocenters. The second-order valence-corrected chi connectivity index (χ2v) is 5.85. The molecule has 0 aliphatic rings. The van der Waals surface area contributed by atoms with Crippen molar-refractivity contribution in [3.63, 3.8) is 0 Å². The van der Waals surface area contributed by atoms with Crippen molar-refractivity contribution < 1.29 is 35.5 Å². The lowest BCUT2D eigenvalue weighted by Gasteiger charge is -2.17. The summed E-state index contributed by atoms with van der Waals surface area (Å²) in [5, 5.41) is 9.73. The van der Waals surface area contributed by atoms with Crippen molar-refractivity contribution in [2.75, 3.05) is 0 Å². The van der Waals surface area contributed by atoms with Crippen LogP contribution in [0.25, 0.3) is 16.9 Å². The number of halogens is 8. The standard InChI is InChI=1S/C14H7ClF7N5O/c1-5(13(17,18)19)28-11-8(16)2-6(4-23-11)10-7(15)3-9-24-25-12(14(20,21)22)27(9)26-10/h2-5H,1H3/t5-/m1/s1. The van der Waals surface area contributed by atoms with Gasteiger partial charge in [-0.2, -0.15) is 36.0 Å². The zero-order valence-electron chi connectivity index (χ0n) is 13.5. The lowest BCUT2D eigenvalue weighted by Crippen LogP contribution is -2.31. The van der Waals surface area contributed by atoms with Crippen LogP contribution < -0.4 is 4.74 Å². The Morgan fingerprint density at radius 1 is 1.11 bits per heavy atom. The predicted octanol–water partition coefficient (Wildman–Crippen LogP) is 4.33. The van der Waals surface area contributed by atoms with Gasteiger partial charge in [-0.3, -0.25) is 0 Å². The van der Waals surface area contributed by atoms with E-state index in [1.165, 1.54) is 0 Å². The van der Waals surface area contributed by atoms with Gasteiger partial charge >= 0.3 is 12.4 Å². The average Bonchev–Trinajstić information content (AvgIpc) is 2.97. The summed E-state index contributed by atoms with van der Waals surface area (Å²) in [6.45, 7) is 0.659. The Balaban J connectivity index is 2.03. The topological polar surface area (TPSA) is 65.2 Å². The second-order valence-electron chi connectivity index (χ2n) is 5.44.